The second-order valence-electron chi connectivity index (χ2n) is 7.18. The molecule has 0 aromatic carbocycles. The first-order valence-electron chi connectivity index (χ1n) is 8.98. The number of hydrogen-bond donors (Lipinski definition) is 0. The first kappa shape index (κ1) is 18.0. The van der Waals surface area contributed by atoms with E-state index < -0.39 is 8.07 Å². The van der Waals surface area contributed by atoms with Gasteiger partial charge in [-0.2, -0.15) is 0 Å². The Morgan fingerprint density at radius 1 is 0.950 bits per heavy atom. The summed E-state index contributed by atoms with van der Waals surface area (Å²) in [6, 6.07) is 4.37. The zero-order valence-electron chi connectivity index (χ0n) is 14.3. The SMILES string of the molecule is C=C(C)C[Si](CCC)(CCC)CN1CCCCCCC1. The molecule has 0 aromatic heterocycles. The van der Waals surface area contributed by atoms with Crippen molar-refractivity contribution in [3.8, 4) is 0 Å². The lowest BCUT2D eigenvalue weighted by molar-refractivity contribution is 0.277. The van der Waals surface area contributed by atoms with Crippen LogP contribution in [0.15, 0.2) is 12.2 Å². The van der Waals surface area contributed by atoms with Crippen LogP contribution >= 0.6 is 0 Å². The lowest BCUT2D eigenvalue weighted by Crippen LogP contribution is -2.48. The molecule has 0 amide bonds. The summed E-state index contributed by atoms with van der Waals surface area (Å²) in [5.74, 6) is 0. The van der Waals surface area contributed by atoms with E-state index in [1.165, 1.54) is 87.9 Å². The smallest absolute Gasteiger partial charge is 0.0729 e. The van der Waals surface area contributed by atoms with Crippen LogP contribution in [0.1, 0.15) is 65.7 Å². The molecule has 1 aliphatic rings. The van der Waals surface area contributed by atoms with Crippen molar-refractivity contribution < 1.29 is 0 Å². The Balaban J connectivity index is 2.70. The Morgan fingerprint density at radius 2 is 1.45 bits per heavy atom. The third-order valence-corrected chi connectivity index (χ3v) is 10.3. The molecule has 2 heteroatoms. The van der Waals surface area contributed by atoms with Gasteiger partial charge in [-0.25, -0.2) is 0 Å². The molecule has 0 bridgehead atoms. The molecule has 0 N–H and O–H groups in total. The maximum absolute atomic E-state index is 4.25. The van der Waals surface area contributed by atoms with Gasteiger partial charge in [-0.05, 0) is 45.1 Å². The van der Waals surface area contributed by atoms with Crippen molar-refractivity contribution in [2.24, 2.45) is 0 Å². The first-order chi connectivity index (χ1) is 9.62. The zero-order chi connectivity index (χ0) is 14.8. The largest absolute Gasteiger partial charge is 0.306 e. The molecule has 1 rings (SSSR count). The number of allylic oxidation sites excluding steroid dienone is 1. The van der Waals surface area contributed by atoms with E-state index in [1.54, 1.807) is 0 Å². The van der Waals surface area contributed by atoms with Crippen LogP contribution < -0.4 is 0 Å². The molecule has 0 radical (unpaired) electrons. The van der Waals surface area contributed by atoms with Gasteiger partial charge in [0, 0.05) is 0 Å². The summed E-state index contributed by atoms with van der Waals surface area (Å²) in [4.78, 5) is 2.83. The molecule has 0 aromatic rings. The van der Waals surface area contributed by atoms with Gasteiger partial charge in [0.1, 0.15) is 0 Å². The minimum absolute atomic E-state index is 1.16. The van der Waals surface area contributed by atoms with Crippen LogP contribution in [0.5, 0.6) is 0 Å². The van der Waals surface area contributed by atoms with Gasteiger partial charge in [-0.3, -0.25) is 0 Å². The summed E-state index contributed by atoms with van der Waals surface area (Å²) in [7, 11) is -1.16. The topological polar surface area (TPSA) is 3.24 Å². The maximum atomic E-state index is 4.25. The Kier molecular flexibility index (Phi) is 8.79. The summed E-state index contributed by atoms with van der Waals surface area (Å²) in [6.45, 7) is 14.0. The number of nitrogens with zero attached hydrogens (tertiary/aromatic N) is 1. The lowest BCUT2D eigenvalue weighted by atomic mass is 10.1. The highest BCUT2D eigenvalue weighted by Crippen LogP contribution is 2.29. The van der Waals surface area contributed by atoms with Crippen LogP contribution in [0.4, 0.5) is 0 Å². The fourth-order valence-electron chi connectivity index (χ4n) is 4.16. The highest BCUT2D eigenvalue weighted by Gasteiger charge is 2.33. The Hall–Kier alpha value is -0.0831. The molecule has 1 nitrogen and oxygen atoms in total. The molecule has 0 atom stereocenters. The fourth-order valence-corrected chi connectivity index (χ4v) is 9.86. The van der Waals surface area contributed by atoms with Crippen molar-refractivity contribution in [3.05, 3.63) is 12.2 Å². The molecular formula is C18H37NSi. The van der Waals surface area contributed by atoms with E-state index in [9.17, 15) is 0 Å². The summed E-state index contributed by atoms with van der Waals surface area (Å²) in [6.07, 6.45) is 11.4. The van der Waals surface area contributed by atoms with Crippen LogP contribution in [0.2, 0.25) is 18.1 Å². The molecule has 1 saturated heterocycles. The van der Waals surface area contributed by atoms with E-state index in [4.69, 9.17) is 0 Å². The number of likely N-dealkylation sites (tertiary alicyclic amines) is 1. The van der Waals surface area contributed by atoms with Crippen molar-refractivity contribution in [1.82, 2.24) is 4.90 Å². The third kappa shape index (κ3) is 6.58. The molecule has 1 fully saturated rings. The van der Waals surface area contributed by atoms with Gasteiger partial charge in [0.15, 0.2) is 0 Å². The van der Waals surface area contributed by atoms with E-state index in [1.807, 2.05) is 0 Å². The van der Waals surface area contributed by atoms with Crippen LogP contribution in [0.3, 0.4) is 0 Å². The van der Waals surface area contributed by atoms with E-state index in [0.29, 0.717) is 0 Å². The van der Waals surface area contributed by atoms with Gasteiger partial charge < -0.3 is 4.90 Å². The Morgan fingerprint density at radius 3 is 1.90 bits per heavy atom. The Bertz CT molecular complexity index is 261. The van der Waals surface area contributed by atoms with Crippen LogP contribution in [-0.2, 0) is 0 Å². The average Bonchev–Trinajstić information content (AvgIpc) is 2.32. The normalized spacial score (nSPS) is 18.6. The minimum Gasteiger partial charge on any atom is -0.306 e. The molecule has 0 saturated carbocycles. The standard InChI is InChI=1S/C18H37NSi/c1-5-14-20(15-6-2,16-18(3)4)17-19-12-10-8-7-9-11-13-19/h3,5-17H2,1-2,4H3. The molecule has 118 valence electrons. The summed E-state index contributed by atoms with van der Waals surface area (Å²) in [5, 5.41) is 0. The molecule has 1 aliphatic heterocycles. The predicted octanol–water partition coefficient (Wildman–Crippen LogP) is 5.64. The quantitative estimate of drug-likeness (QED) is 0.414. The maximum Gasteiger partial charge on any atom is 0.0729 e. The average molecular weight is 296 g/mol. The van der Waals surface area contributed by atoms with Crippen molar-refractivity contribution in [2.75, 3.05) is 19.3 Å². The van der Waals surface area contributed by atoms with E-state index in [2.05, 4.69) is 32.3 Å². The highest BCUT2D eigenvalue weighted by atomic mass is 28.3. The van der Waals surface area contributed by atoms with Gasteiger partial charge in [0.05, 0.1) is 8.07 Å². The van der Waals surface area contributed by atoms with Crippen molar-refractivity contribution in [2.45, 2.75) is 83.8 Å². The molecule has 0 unspecified atom stereocenters. The second kappa shape index (κ2) is 9.78. The molecular weight excluding hydrogens is 258 g/mol. The second-order valence-corrected chi connectivity index (χ2v) is 11.8. The van der Waals surface area contributed by atoms with Crippen molar-refractivity contribution in [3.63, 3.8) is 0 Å². The monoisotopic (exact) mass is 295 g/mol. The van der Waals surface area contributed by atoms with Crippen LogP contribution in [-0.4, -0.2) is 32.2 Å². The van der Waals surface area contributed by atoms with Gasteiger partial charge in [-0.15, -0.1) is 6.58 Å². The molecule has 20 heavy (non-hydrogen) atoms. The third-order valence-electron chi connectivity index (χ3n) is 4.75. The van der Waals surface area contributed by atoms with Crippen LogP contribution in [0, 0.1) is 0 Å². The van der Waals surface area contributed by atoms with Gasteiger partial charge in [0.25, 0.3) is 0 Å². The summed E-state index contributed by atoms with van der Waals surface area (Å²) >= 11 is 0. The fraction of sp³-hybridized carbons (Fsp3) is 0.889. The highest BCUT2D eigenvalue weighted by molar-refractivity contribution is 6.80. The zero-order valence-corrected chi connectivity index (χ0v) is 15.3. The molecule has 0 spiro atoms. The molecule has 1 heterocycles. The van der Waals surface area contributed by atoms with Crippen molar-refractivity contribution >= 4 is 8.07 Å². The van der Waals surface area contributed by atoms with Crippen molar-refractivity contribution in [1.29, 1.82) is 0 Å². The first-order valence-corrected chi connectivity index (χ1v) is 11.8. The number of rotatable bonds is 8. The molecule has 0 aliphatic carbocycles. The van der Waals surface area contributed by atoms with E-state index in [0.717, 1.165) is 0 Å². The summed E-state index contributed by atoms with van der Waals surface area (Å²) < 4.78 is 0. The van der Waals surface area contributed by atoms with Gasteiger partial charge in [0.2, 0.25) is 0 Å². The predicted molar refractivity (Wildman–Crippen MR) is 95.1 cm³/mol. The Labute approximate surface area is 128 Å². The van der Waals surface area contributed by atoms with E-state index >= 15 is 0 Å². The number of hydrogen-bond acceptors (Lipinski definition) is 1. The summed E-state index contributed by atoms with van der Waals surface area (Å²) in [5.41, 5.74) is 1.44. The minimum atomic E-state index is -1.16. The van der Waals surface area contributed by atoms with Crippen LogP contribution in [0.25, 0.3) is 0 Å². The van der Waals surface area contributed by atoms with Gasteiger partial charge in [-0.1, -0.05) is 63.6 Å². The van der Waals surface area contributed by atoms with Gasteiger partial charge >= 0.3 is 0 Å². The van der Waals surface area contributed by atoms with E-state index in [-0.39, 0.29) is 0 Å². The lowest BCUT2D eigenvalue weighted by Gasteiger charge is -2.38.